The van der Waals surface area contributed by atoms with Crippen molar-refractivity contribution >= 4 is 29.4 Å². The van der Waals surface area contributed by atoms with Crippen LogP contribution in [0.2, 0.25) is 0 Å². The molecule has 2 heterocycles. The van der Waals surface area contributed by atoms with Gasteiger partial charge in [-0.3, -0.25) is 0 Å². The Bertz CT molecular complexity index is 910. The molecule has 2 aromatic heterocycles. The van der Waals surface area contributed by atoms with Crippen LogP contribution >= 0.6 is 11.3 Å². The predicted molar refractivity (Wildman–Crippen MR) is 96.4 cm³/mol. The number of carbonyl (C=O) groups is 2. The molecule has 26 heavy (non-hydrogen) atoms. The molecule has 0 fully saturated rings. The van der Waals surface area contributed by atoms with Gasteiger partial charge in [-0.2, -0.15) is 0 Å². The van der Waals surface area contributed by atoms with Crippen LogP contribution in [0.1, 0.15) is 21.6 Å². The molecule has 0 saturated carbocycles. The number of hydrogen-bond acceptors (Lipinski definition) is 7. The van der Waals surface area contributed by atoms with Crippen molar-refractivity contribution in [2.45, 2.75) is 6.61 Å². The first kappa shape index (κ1) is 17.6. The maximum Gasteiger partial charge on any atom is 0.337 e. The predicted octanol–water partition coefficient (Wildman–Crippen LogP) is 3.95. The lowest BCUT2D eigenvalue weighted by Gasteiger charge is -2.00. The van der Waals surface area contributed by atoms with Crippen LogP contribution in [0.25, 0.3) is 16.8 Å². The monoisotopic (exact) mass is 369 g/mol. The molecule has 0 N–H and O–H groups in total. The largest absolute Gasteiger partial charge is 0.465 e. The van der Waals surface area contributed by atoms with E-state index < -0.39 is 11.9 Å². The highest BCUT2D eigenvalue weighted by Crippen LogP contribution is 2.23. The molecular formula is C19H15NO5S. The van der Waals surface area contributed by atoms with E-state index in [1.54, 1.807) is 30.3 Å². The number of benzene rings is 1. The van der Waals surface area contributed by atoms with E-state index >= 15 is 0 Å². The van der Waals surface area contributed by atoms with Crippen LogP contribution < -0.4 is 0 Å². The molecule has 0 saturated heterocycles. The molecular weight excluding hydrogens is 354 g/mol. The zero-order valence-corrected chi connectivity index (χ0v) is 14.7. The number of nitrogens with zero attached hydrogens (tertiary/aromatic N) is 1. The first-order chi connectivity index (χ1) is 12.7. The van der Waals surface area contributed by atoms with E-state index in [0.717, 1.165) is 10.4 Å². The molecule has 0 aliphatic rings. The number of ether oxygens (including phenoxy) is 2. The first-order valence-electron chi connectivity index (χ1n) is 7.67. The summed E-state index contributed by atoms with van der Waals surface area (Å²) in [6.45, 7) is 0.0271. The molecule has 7 heteroatoms. The van der Waals surface area contributed by atoms with Crippen LogP contribution in [0.4, 0.5) is 0 Å². The Hall–Kier alpha value is -3.19. The lowest BCUT2D eigenvalue weighted by atomic mass is 10.1. The van der Waals surface area contributed by atoms with E-state index in [9.17, 15) is 9.59 Å². The zero-order chi connectivity index (χ0) is 18.4. The normalized spacial score (nSPS) is 10.8. The minimum Gasteiger partial charge on any atom is -0.465 e. The molecule has 3 aromatic rings. The molecule has 3 rings (SSSR count). The number of methoxy groups -OCH3 is 1. The maximum absolute atomic E-state index is 11.8. The third-order valence-electron chi connectivity index (χ3n) is 3.39. The highest BCUT2D eigenvalue weighted by atomic mass is 32.1. The van der Waals surface area contributed by atoms with Crippen molar-refractivity contribution < 1.29 is 23.5 Å². The summed E-state index contributed by atoms with van der Waals surface area (Å²) in [6, 6.07) is 10.5. The van der Waals surface area contributed by atoms with Gasteiger partial charge in [0.05, 0.1) is 17.6 Å². The van der Waals surface area contributed by atoms with Crippen molar-refractivity contribution in [2.24, 2.45) is 0 Å². The second-order valence-electron chi connectivity index (χ2n) is 5.18. The van der Waals surface area contributed by atoms with Crippen LogP contribution in [0.3, 0.4) is 0 Å². The van der Waals surface area contributed by atoms with E-state index in [0.29, 0.717) is 17.1 Å². The lowest BCUT2D eigenvalue weighted by Crippen LogP contribution is -2.01. The van der Waals surface area contributed by atoms with Gasteiger partial charge in [-0.25, -0.2) is 14.6 Å². The van der Waals surface area contributed by atoms with E-state index in [-0.39, 0.29) is 6.61 Å². The van der Waals surface area contributed by atoms with Gasteiger partial charge in [-0.15, -0.1) is 11.3 Å². The van der Waals surface area contributed by atoms with Gasteiger partial charge in [0, 0.05) is 6.08 Å². The minimum atomic E-state index is -0.497. The van der Waals surface area contributed by atoms with Gasteiger partial charge in [-0.1, -0.05) is 18.2 Å². The van der Waals surface area contributed by atoms with Crippen LogP contribution in [0.5, 0.6) is 0 Å². The standard InChI is InChI=1S/C19H15NO5S/c1-23-19(22)14-7-4-13(5-8-14)6-9-17(21)24-11-15-12-25-18(20-15)16-3-2-10-26-16/h2-10,12H,11H2,1H3/b9-6+. The van der Waals surface area contributed by atoms with E-state index in [2.05, 4.69) is 9.72 Å². The summed E-state index contributed by atoms with van der Waals surface area (Å²) in [6.07, 6.45) is 4.38. The van der Waals surface area contributed by atoms with Gasteiger partial charge < -0.3 is 13.9 Å². The number of oxazole rings is 1. The van der Waals surface area contributed by atoms with Crippen LogP contribution in [-0.4, -0.2) is 24.0 Å². The van der Waals surface area contributed by atoms with E-state index in [1.165, 1.54) is 30.8 Å². The van der Waals surface area contributed by atoms with Crippen molar-refractivity contribution in [2.75, 3.05) is 7.11 Å². The maximum atomic E-state index is 11.8. The van der Waals surface area contributed by atoms with Gasteiger partial charge in [-0.05, 0) is 35.2 Å². The van der Waals surface area contributed by atoms with Crippen molar-refractivity contribution in [3.05, 3.63) is 70.9 Å². The quantitative estimate of drug-likeness (QED) is 0.484. The van der Waals surface area contributed by atoms with Crippen LogP contribution in [0, 0.1) is 0 Å². The van der Waals surface area contributed by atoms with Gasteiger partial charge in [0.2, 0.25) is 5.89 Å². The number of carbonyl (C=O) groups excluding carboxylic acids is 2. The Labute approximate surface area is 153 Å². The minimum absolute atomic E-state index is 0.0271. The Kier molecular flexibility index (Phi) is 5.60. The van der Waals surface area contributed by atoms with Crippen LogP contribution in [-0.2, 0) is 20.9 Å². The Morgan fingerprint density at radius 1 is 1.23 bits per heavy atom. The number of hydrogen-bond donors (Lipinski definition) is 0. The van der Waals surface area contributed by atoms with Crippen molar-refractivity contribution in [1.82, 2.24) is 4.98 Å². The van der Waals surface area contributed by atoms with Crippen molar-refractivity contribution in [3.63, 3.8) is 0 Å². The number of esters is 2. The van der Waals surface area contributed by atoms with Crippen molar-refractivity contribution in [1.29, 1.82) is 0 Å². The summed E-state index contributed by atoms with van der Waals surface area (Å²) in [5, 5.41) is 1.93. The molecule has 0 radical (unpaired) electrons. The summed E-state index contributed by atoms with van der Waals surface area (Å²) >= 11 is 1.52. The average Bonchev–Trinajstić information content (AvgIpc) is 3.36. The summed E-state index contributed by atoms with van der Waals surface area (Å²) in [4.78, 5) is 28.4. The third kappa shape index (κ3) is 4.46. The molecule has 0 aliphatic heterocycles. The first-order valence-corrected chi connectivity index (χ1v) is 8.55. The number of aromatic nitrogens is 1. The van der Waals surface area contributed by atoms with Crippen molar-refractivity contribution in [3.8, 4) is 10.8 Å². The van der Waals surface area contributed by atoms with Crippen LogP contribution in [0.15, 0.2) is 58.5 Å². The molecule has 132 valence electrons. The fourth-order valence-electron chi connectivity index (χ4n) is 2.09. The topological polar surface area (TPSA) is 78.6 Å². The molecule has 0 amide bonds. The molecule has 0 unspecified atom stereocenters. The third-order valence-corrected chi connectivity index (χ3v) is 4.25. The lowest BCUT2D eigenvalue weighted by molar-refractivity contribution is -0.139. The summed E-state index contributed by atoms with van der Waals surface area (Å²) in [7, 11) is 1.32. The van der Waals surface area contributed by atoms with Gasteiger partial charge in [0.1, 0.15) is 18.6 Å². The number of thiophene rings is 1. The molecule has 1 aromatic carbocycles. The fourth-order valence-corrected chi connectivity index (χ4v) is 2.75. The second-order valence-corrected chi connectivity index (χ2v) is 6.12. The second kappa shape index (κ2) is 8.26. The summed E-state index contributed by atoms with van der Waals surface area (Å²) in [5.41, 5.74) is 1.74. The average molecular weight is 369 g/mol. The highest BCUT2D eigenvalue weighted by molar-refractivity contribution is 7.13. The molecule has 0 bridgehead atoms. The Balaban J connectivity index is 1.52. The Morgan fingerprint density at radius 3 is 2.73 bits per heavy atom. The SMILES string of the molecule is COC(=O)c1ccc(/C=C/C(=O)OCc2coc(-c3cccs3)n2)cc1. The zero-order valence-electron chi connectivity index (χ0n) is 13.9. The molecule has 0 atom stereocenters. The van der Waals surface area contributed by atoms with Gasteiger partial charge >= 0.3 is 11.9 Å². The summed E-state index contributed by atoms with van der Waals surface area (Å²) in [5.74, 6) is -0.399. The van der Waals surface area contributed by atoms with E-state index in [4.69, 9.17) is 9.15 Å². The fraction of sp³-hybridized carbons (Fsp3) is 0.105. The highest BCUT2D eigenvalue weighted by Gasteiger charge is 2.09. The molecule has 0 aliphatic carbocycles. The van der Waals surface area contributed by atoms with E-state index in [1.807, 2.05) is 17.5 Å². The Morgan fingerprint density at radius 2 is 2.04 bits per heavy atom. The molecule has 6 nitrogen and oxygen atoms in total. The summed E-state index contributed by atoms with van der Waals surface area (Å²) < 4.78 is 15.1. The van der Waals surface area contributed by atoms with Gasteiger partial charge in [0.25, 0.3) is 0 Å². The smallest absolute Gasteiger partial charge is 0.337 e. The molecule has 0 spiro atoms. The van der Waals surface area contributed by atoms with Gasteiger partial charge in [0.15, 0.2) is 0 Å². The number of rotatable bonds is 6.